The predicted molar refractivity (Wildman–Crippen MR) is 80.3 cm³/mol. The van der Waals surface area contributed by atoms with E-state index in [2.05, 4.69) is 32.7 Å². The van der Waals surface area contributed by atoms with Crippen LogP contribution < -0.4 is 5.32 Å². The molecular weight excluding hydrogens is 254 g/mol. The number of hydrogen-bond donors (Lipinski definition) is 1. The van der Waals surface area contributed by atoms with Crippen LogP contribution in [0, 0.1) is 5.92 Å². The molecule has 1 heterocycles. The van der Waals surface area contributed by atoms with Crippen molar-refractivity contribution in [2.45, 2.75) is 32.7 Å². The molecule has 1 atom stereocenters. The fourth-order valence-corrected chi connectivity index (χ4v) is 2.54. The van der Waals surface area contributed by atoms with E-state index in [1.54, 1.807) is 6.08 Å². The maximum absolute atomic E-state index is 12.0. The standard InChI is InChI=1S/C15H27N3O2/c1-6-7-16-13(19)11-17(5)9-12-8-14(20)18(10-12)15(2,3)4/h6,12H,1,7-11H2,2-5H3,(H,16,19). The summed E-state index contributed by atoms with van der Waals surface area (Å²) in [6, 6.07) is 0. The zero-order valence-corrected chi connectivity index (χ0v) is 13.1. The summed E-state index contributed by atoms with van der Waals surface area (Å²) in [7, 11) is 1.91. The fourth-order valence-electron chi connectivity index (χ4n) is 2.54. The van der Waals surface area contributed by atoms with Gasteiger partial charge in [-0.3, -0.25) is 14.5 Å². The first-order chi connectivity index (χ1) is 9.24. The van der Waals surface area contributed by atoms with Crippen molar-refractivity contribution < 1.29 is 9.59 Å². The summed E-state index contributed by atoms with van der Waals surface area (Å²) in [6.07, 6.45) is 2.24. The van der Waals surface area contributed by atoms with Gasteiger partial charge in [-0.1, -0.05) is 6.08 Å². The lowest BCUT2D eigenvalue weighted by Gasteiger charge is -2.32. The molecule has 114 valence electrons. The number of nitrogens with one attached hydrogen (secondary N) is 1. The lowest BCUT2D eigenvalue weighted by Crippen LogP contribution is -2.43. The van der Waals surface area contributed by atoms with Crippen LogP contribution in [0.1, 0.15) is 27.2 Å². The van der Waals surface area contributed by atoms with Crippen LogP contribution in [0.4, 0.5) is 0 Å². The molecule has 0 aromatic heterocycles. The second-order valence-electron chi connectivity index (χ2n) is 6.53. The average Bonchev–Trinajstić information content (AvgIpc) is 2.67. The second-order valence-corrected chi connectivity index (χ2v) is 6.53. The molecule has 0 bridgehead atoms. The Kier molecular flexibility index (Phi) is 5.74. The fraction of sp³-hybridized carbons (Fsp3) is 0.733. The third kappa shape index (κ3) is 4.96. The van der Waals surface area contributed by atoms with Gasteiger partial charge in [0.25, 0.3) is 0 Å². The van der Waals surface area contributed by atoms with Crippen LogP contribution in [-0.2, 0) is 9.59 Å². The largest absolute Gasteiger partial charge is 0.352 e. The lowest BCUT2D eigenvalue weighted by atomic mass is 10.1. The van der Waals surface area contributed by atoms with Crippen molar-refractivity contribution in [2.75, 3.05) is 33.2 Å². The first-order valence-corrected chi connectivity index (χ1v) is 7.10. The van der Waals surface area contributed by atoms with Crippen LogP contribution in [0.2, 0.25) is 0 Å². The molecule has 0 spiro atoms. The molecule has 20 heavy (non-hydrogen) atoms. The maximum atomic E-state index is 12.0. The zero-order chi connectivity index (χ0) is 15.3. The van der Waals surface area contributed by atoms with E-state index in [-0.39, 0.29) is 17.4 Å². The first-order valence-electron chi connectivity index (χ1n) is 7.10. The molecule has 1 aliphatic heterocycles. The van der Waals surface area contributed by atoms with Crippen molar-refractivity contribution in [2.24, 2.45) is 5.92 Å². The van der Waals surface area contributed by atoms with Crippen LogP contribution in [0.25, 0.3) is 0 Å². The van der Waals surface area contributed by atoms with E-state index in [0.29, 0.717) is 25.4 Å². The lowest BCUT2D eigenvalue weighted by molar-refractivity contribution is -0.131. The van der Waals surface area contributed by atoms with Crippen molar-refractivity contribution in [1.29, 1.82) is 0 Å². The highest BCUT2D eigenvalue weighted by Crippen LogP contribution is 2.25. The molecule has 1 fully saturated rings. The van der Waals surface area contributed by atoms with Crippen LogP contribution in [-0.4, -0.2) is 60.4 Å². The van der Waals surface area contributed by atoms with Crippen LogP contribution >= 0.6 is 0 Å². The Labute approximate surface area is 122 Å². The number of carbonyl (C=O) groups is 2. The molecule has 0 aromatic rings. The second kappa shape index (κ2) is 6.88. The molecule has 0 saturated carbocycles. The smallest absolute Gasteiger partial charge is 0.234 e. The molecular formula is C15H27N3O2. The summed E-state index contributed by atoms with van der Waals surface area (Å²) in [5.41, 5.74) is -0.119. The Morgan fingerprint density at radius 1 is 1.55 bits per heavy atom. The summed E-state index contributed by atoms with van der Waals surface area (Å²) in [5.74, 6) is 0.510. The molecule has 2 amide bonds. The molecule has 0 aliphatic carbocycles. The number of carbonyl (C=O) groups excluding carboxylic acids is 2. The van der Waals surface area contributed by atoms with Gasteiger partial charge in [0.2, 0.25) is 11.8 Å². The summed E-state index contributed by atoms with van der Waals surface area (Å²) in [4.78, 5) is 27.5. The zero-order valence-electron chi connectivity index (χ0n) is 13.1. The Hall–Kier alpha value is -1.36. The van der Waals surface area contributed by atoms with Gasteiger partial charge in [-0.2, -0.15) is 0 Å². The molecule has 0 radical (unpaired) electrons. The van der Waals surface area contributed by atoms with Crippen molar-refractivity contribution in [3.05, 3.63) is 12.7 Å². The summed E-state index contributed by atoms with van der Waals surface area (Å²) < 4.78 is 0. The Balaban J connectivity index is 2.40. The molecule has 0 aromatic carbocycles. The van der Waals surface area contributed by atoms with E-state index < -0.39 is 0 Å². The highest BCUT2D eigenvalue weighted by atomic mass is 16.2. The molecule has 5 heteroatoms. The highest BCUT2D eigenvalue weighted by Gasteiger charge is 2.36. The van der Waals surface area contributed by atoms with Crippen molar-refractivity contribution in [1.82, 2.24) is 15.1 Å². The van der Waals surface area contributed by atoms with Crippen molar-refractivity contribution >= 4 is 11.8 Å². The molecule has 1 N–H and O–H groups in total. The van der Waals surface area contributed by atoms with Gasteiger partial charge < -0.3 is 10.2 Å². The average molecular weight is 281 g/mol. The van der Waals surface area contributed by atoms with Gasteiger partial charge in [-0.25, -0.2) is 0 Å². The van der Waals surface area contributed by atoms with Gasteiger partial charge in [0.1, 0.15) is 0 Å². The van der Waals surface area contributed by atoms with E-state index in [4.69, 9.17) is 0 Å². The Morgan fingerprint density at radius 3 is 2.70 bits per heavy atom. The van der Waals surface area contributed by atoms with Gasteiger partial charge in [0.05, 0.1) is 6.54 Å². The van der Waals surface area contributed by atoms with Gasteiger partial charge >= 0.3 is 0 Å². The van der Waals surface area contributed by atoms with Gasteiger partial charge in [-0.05, 0) is 33.7 Å². The molecule has 5 nitrogen and oxygen atoms in total. The molecule has 1 aliphatic rings. The van der Waals surface area contributed by atoms with Crippen LogP contribution in [0.15, 0.2) is 12.7 Å². The van der Waals surface area contributed by atoms with Gasteiger partial charge in [0.15, 0.2) is 0 Å². The Bertz CT molecular complexity index is 374. The highest BCUT2D eigenvalue weighted by molar-refractivity contribution is 5.79. The summed E-state index contributed by atoms with van der Waals surface area (Å²) in [5, 5.41) is 2.75. The number of likely N-dealkylation sites (N-methyl/N-ethyl adjacent to an activating group) is 1. The monoisotopic (exact) mass is 281 g/mol. The molecule has 1 unspecified atom stereocenters. The van der Waals surface area contributed by atoms with E-state index in [0.717, 1.165) is 13.1 Å². The first kappa shape index (κ1) is 16.7. The van der Waals surface area contributed by atoms with E-state index in [1.165, 1.54) is 0 Å². The quantitative estimate of drug-likeness (QED) is 0.735. The third-order valence-electron chi connectivity index (χ3n) is 3.44. The minimum Gasteiger partial charge on any atom is -0.352 e. The third-order valence-corrected chi connectivity index (χ3v) is 3.44. The Morgan fingerprint density at radius 2 is 2.20 bits per heavy atom. The minimum atomic E-state index is -0.119. The van der Waals surface area contributed by atoms with Gasteiger partial charge in [0, 0.05) is 31.6 Å². The number of likely N-dealkylation sites (tertiary alicyclic amines) is 1. The molecule has 1 rings (SSSR count). The van der Waals surface area contributed by atoms with Crippen LogP contribution in [0.5, 0.6) is 0 Å². The summed E-state index contributed by atoms with van der Waals surface area (Å²) in [6.45, 7) is 12.1. The predicted octanol–water partition coefficient (Wildman–Crippen LogP) is 0.867. The minimum absolute atomic E-state index is 0.00981. The van der Waals surface area contributed by atoms with Gasteiger partial charge in [-0.15, -0.1) is 6.58 Å². The molecule has 1 saturated heterocycles. The topological polar surface area (TPSA) is 52.7 Å². The van der Waals surface area contributed by atoms with Crippen LogP contribution in [0.3, 0.4) is 0 Å². The van der Waals surface area contributed by atoms with E-state index >= 15 is 0 Å². The van der Waals surface area contributed by atoms with E-state index in [1.807, 2.05) is 16.8 Å². The number of nitrogens with zero attached hydrogens (tertiary/aromatic N) is 2. The number of hydrogen-bond acceptors (Lipinski definition) is 3. The maximum Gasteiger partial charge on any atom is 0.234 e. The normalized spacial score (nSPS) is 19.6. The van der Waals surface area contributed by atoms with Crippen molar-refractivity contribution in [3.63, 3.8) is 0 Å². The number of rotatable bonds is 6. The number of amides is 2. The summed E-state index contributed by atoms with van der Waals surface area (Å²) >= 11 is 0. The SMILES string of the molecule is C=CCNC(=O)CN(C)CC1CC(=O)N(C(C)(C)C)C1. The van der Waals surface area contributed by atoms with E-state index in [9.17, 15) is 9.59 Å². The van der Waals surface area contributed by atoms with Crippen molar-refractivity contribution in [3.8, 4) is 0 Å².